The Kier molecular flexibility index (Phi) is 5.40. The Labute approximate surface area is 99.2 Å². The predicted octanol–water partition coefficient (Wildman–Crippen LogP) is 1.66. The van der Waals surface area contributed by atoms with Gasteiger partial charge < -0.3 is 10.1 Å². The van der Waals surface area contributed by atoms with Crippen molar-refractivity contribution in [3.05, 3.63) is 40.3 Å². The zero-order valence-electron chi connectivity index (χ0n) is 9.59. The number of azide groups is 1. The zero-order valence-corrected chi connectivity index (χ0v) is 9.59. The summed E-state index contributed by atoms with van der Waals surface area (Å²) < 4.78 is 5.02. The van der Waals surface area contributed by atoms with E-state index in [2.05, 4.69) is 15.3 Å². The van der Waals surface area contributed by atoms with Gasteiger partial charge in [0.2, 0.25) is 5.91 Å². The molecule has 0 aliphatic heterocycles. The Bertz CT molecular complexity index is 410. The molecule has 0 spiro atoms. The van der Waals surface area contributed by atoms with E-state index in [4.69, 9.17) is 10.3 Å². The van der Waals surface area contributed by atoms with Crippen molar-refractivity contribution < 1.29 is 9.53 Å². The first-order valence-corrected chi connectivity index (χ1v) is 5.16. The normalized spacial score (nSPS) is 9.24. The summed E-state index contributed by atoms with van der Waals surface area (Å²) in [6, 6.07) is 7.29. The fraction of sp³-hybridized carbons (Fsp3) is 0.364. The van der Waals surface area contributed by atoms with Gasteiger partial charge in [0, 0.05) is 18.0 Å². The molecule has 17 heavy (non-hydrogen) atoms. The van der Waals surface area contributed by atoms with Crippen LogP contribution in [0.4, 0.5) is 0 Å². The van der Waals surface area contributed by atoms with Crippen molar-refractivity contribution in [1.29, 1.82) is 0 Å². The summed E-state index contributed by atoms with van der Waals surface area (Å²) in [6.45, 7) is 0.629. The highest BCUT2D eigenvalue weighted by molar-refractivity contribution is 5.78. The number of hydrogen-bond donors (Lipinski definition) is 1. The number of carbonyl (C=O) groups excluding carboxylic acids is 1. The number of benzene rings is 1. The van der Waals surface area contributed by atoms with Gasteiger partial charge in [-0.3, -0.25) is 4.79 Å². The van der Waals surface area contributed by atoms with Crippen molar-refractivity contribution >= 4 is 5.91 Å². The van der Waals surface area contributed by atoms with Gasteiger partial charge in [-0.15, -0.1) is 0 Å². The molecule has 0 saturated carbocycles. The highest BCUT2D eigenvalue weighted by Crippen LogP contribution is 2.11. The van der Waals surface area contributed by atoms with Crippen LogP contribution in [0, 0.1) is 0 Å². The van der Waals surface area contributed by atoms with E-state index in [9.17, 15) is 4.79 Å². The van der Waals surface area contributed by atoms with Crippen LogP contribution in [-0.2, 0) is 11.2 Å². The lowest BCUT2D eigenvalue weighted by molar-refractivity contribution is -0.120. The maximum absolute atomic E-state index is 11.5. The van der Waals surface area contributed by atoms with Crippen molar-refractivity contribution in [3.63, 3.8) is 0 Å². The second-order valence-corrected chi connectivity index (χ2v) is 3.33. The minimum Gasteiger partial charge on any atom is -0.497 e. The van der Waals surface area contributed by atoms with Crippen molar-refractivity contribution in [2.75, 3.05) is 20.2 Å². The summed E-state index contributed by atoms with van der Waals surface area (Å²) >= 11 is 0. The molecule has 0 unspecified atom stereocenters. The van der Waals surface area contributed by atoms with Crippen LogP contribution in [0.5, 0.6) is 5.75 Å². The topological polar surface area (TPSA) is 87.1 Å². The number of methoxy groups -OCH3 is 1. The fourth-order valence-corrected chi connectivity index (χ4v) is 1.28. The molecule has 0 heterocycles. The fourth-order valence-electron chi connectivity index (χ4n) is 1.28. The molecule has 0 saturated heterocycles. The number of carbonyl (C=O) groups is 1. The SMILES string of the molecule is COc1ccc(CC(=O)NCCN=[N+]=[N-])cc1. The predicted molar refractivity (Wildman–Crippen MR) is 63.7 cm³/mol. The quantitative estimate of drug-likeness (QED) is 0.351. The molecule has 90 valence electrons. The molecule has 0 atom stereocenters. The van der Waals surface area contributed by atoms with Crippen LogP contribution >= 0.6 is 0 Å². The average molecular weight is 234 g/mol. The average Bonchev–Trinajstić information content (AvgIpc) is 2.36. The Morgan fingerprint density at radius 2 is 2.18 bits per heavy atom. The summed E-state index contributed by atoms with van der Waals surface area (Å²) in [5.41, 5.74) is 8.96. The Morgan fingerprint density at radius 1 is 1.47 bits per heavy atom. The van der Waals surface area contributed by atoms with E-state index >= 15 is 0 Å². The highest BCUT2D eigenvalue weighted by Gasteiger charge is 2.02. The van der Waals surface area contributed by atoms with E-state index in [-0.39, 0.29) is 12.5 Å². The summed E-state index contributed by atoms with van der Waals surface area (Å²) in [4.78, 5) is 14.0. The van der Waals surface area contributed by atoms with Gasteiger partial charge in [-0.1, -0.05) is 17.2 Å². The van der Waals surface area contributed by atoms with Gasteiger partial charge in [-0.05, 0) is 23.2 Å². The molecule has 0 radical (unpaired) electrons. The second-order valence-electron chi connectivity index (χ2n) is 3.33. The Balaban J connectivity index is 2.36. The summed E-state index contributed by atoms with van der Waals surface area (Å²) in [5.74, 6) is 0.667. The van der Waals surface area contributed by atoms with Gasteiger partial charge in [0.15, 0.2) is 0 Å². The first kappa shape index (κ1) is 12.9. The van der Waals surface area contributed by atoms with Crippen molar-refractivity contribution in [3.8, 4) is 5.75 Å². The number of ether oxygens (including phenoxy) is 1. The van der Waals surface area contributed by atoms with Gasteiger partial charge in [0.05, 0.1) is 13.5 Å². The molecule has 1 aromatic carbocycles. The molecular formula is C11H14N4O2. The van der Waals surface area contributed by atoms with Gasteiger partial charge in [-0.25, -0.2) is 0 Å². The van der Waals surface area contributed by atoms with Crippen LogP contribution in [0.3, 0.4) is 0 Å². The molecule has 6 heteroatoms. The Hall–Kier alpha value is -2.20. The molecule has 0 aromatic heterocycles. The molecule has 1 aromatic rings. The largest absolute Gasteiger partial charge is 0.497 e. The van der Waals surface area contributed by atoms with Gasteiger partial charge in [0.25, 0.3) is 0 Å². The lowest BCUT2D eigenvalue weighted by atomic mass is 10.1. The minimum atomic E-state index is -0.0942. The van der Waals surface area contributed by atoms with E-state index in [1.807, 2.05) is 24.3 Å². The van der Waals surface area contributed by atoms with Gasteiger partial charge in [0.1, 0.15) is 5.75 Å². The monoisotopic (exact) mass is 234 g/mol. The van der Waals surface area contributed by atoms with Crippen LogP contribution in [0.1, 0.15) is 5.56 Å². The molecule has 0 bridgehead atoms. The number of rotatable bonds is 6. The molecule has 0 fully saturated rings. The third kappa shape index (κ3) is 4.90. The molecule has 6 nitrogen and oxygen atoms in total. The molecule has 1 N–H and O–H groups in total. The van der Waals surface area contributed by atoms with E-state index in [1.54, 1.807) is 7.11 Å². The number of hydrogen-bond acceptors (Lipinski definition) is 3. The van der Waals surface area contributed by atoms with E-state index < -0.39 is 0 Å². The lowest BCUT2D eigenvalue weighted by Crippen LogP contribution is -2.27. The van der Waals surface area contributed by atoms with Gasteiger partial charge >= 0.3 is 0 Å². The zero-order chi connectivity index (χ0) is 12.5. The summed E-state index contributed by atoms with van der Waals surface area (Å²) in [6.07, 6.45) is 0.306. The summed E-state index contributed by atoms with van der Waals surface area (Å²) in [5, 5.41) is 5.98. The highest BCUT2D eigenvalue weighted by atomic mass is 16.5. The molecule has 0 aliphatic carbocycles. The number of nitrogens with one attached hydrogen (secondary N) is 1. The van der Waals surface area contributed by atoms with Crippen LogP contribution in [0.25, 0.3) is 10.4 Å². The third-order valence-corrected chi connectivity index (χ3v) is 2.12. The van der Waals surface area contributed by atoms with Crippen molar-refractivity contribution in [2.45, 2.75) is 6.42 Å². The molecular weight excluding hydrogens is 220 g/mol. The van der Waals surface area contributed by atoms with Crippen LogP contribution in [-0.4, -0.2) is 26.1 Å². The lowest BCUT2D eigenvalue weighted by Gasteiger charge is -2.04. The maximum Gasteiger partial charge on any atom is 0.224 e. The van der Waals surface area contributed by atoms with Crippen LogP contribution in [0.2, 0.25) is 0 Å². The number of amides is 1. The first-order chi connectivity index (χ1) is 8.26. The van der Waals surface area contributed by atoms with Gasteiger partial charge in [-0.2, -0.15) is 0 Å². The van der Waals surface area contributed by atoms with Crippen molar-refractivity contribution in [1.82, 2.24) is 5.32 Å². The number of nitrogens with zero attached hydrogens (tertiary/aromatic N) is 3. The Morgan fingerprint density at radius 3 is 2.76 bits per heavy atom. The minimum absolute atomic E-state index is 0.0942. The van der Waals surface area contributed by atoms with E-state index in [0.29, 0.717) is 13.0 Å². The summed E-state index contributed by atoms with van der Waals surface area (Å²) in [7, 11) is 1.59. The molecule has 1 rings (SSSR count). The molecule has 0 aliphatic rings. The van der Waals surface area contributed by atoms with Crippen LogP contribution < -0.4 is 10.1 Å². The standard InChI is InChI=1S/C11H14N4O2/c1-17-10-4-2-9(3-5-10)8-11(16)13-6-7-14-15-12/h2-5H,6-8H2,1H3,(H,13,16). The van der Waals surface area contributed by atoms with E-state index in [1.165, 1.54) is 0 Å². The molecule has 1 amide bonds. The third-order valence-electron chi connectivity index (χ3n) is 2.12. The second kappa shape index (κ2) is 7.14. The smallest absolute Gasteiger partial charge is 0.224 e. The van der Waals surface area contributed by atoms with E-state index in [0.717, 1.165) is 11.3 Å². The maximum atomic E-state index is 11.5. The van der Waals surface area contributed by atoms with Crippen LogP contribution in [0.15, 0.2) is 29.4 Å². The first-order valence-electron chi connectivity index (χ1n) is 5.16. The van der Waals surface area contributed by atoms with Crippen molar-refractivity contribution in [2.24, 2.45) is 5.11 Å².